The van der Waals surface area contributed by atoms with Crippen molar-refractivity contribution in [2.24, 2.45) is 0 Å². The Morgan fingerprint density at radius 1 is 1.35 bits per heavy atom. The van der Waals surface area contributed by atoms with Crippen molar-refractivity contribution in [1.29, 1.82) is 0 Å². The van der Waals surface area contributed by atoms with E-state index in [4.69, 9.17) is 16.0 Å². The highest BCUT2D eigenvalue weighted by atomic mass is 35.5. The van der Waals surface area contributed by atoms with Crippen molar-refractivity contribution >= 4 is 17.5 Å². The monoisotopic (exact) mass is 338 g/mol. The fourth-order valence-corrected chi connectivity index (χ4v) is 2.90. The Labute approximate surface area is 139 Å². The molecule has 0 spiro atoms. The summed E-state index contributed by atoms with van der Waals surface area (Å²) in [7, 11) is 0. The van der Waals surface area contributed by atoms with Gasteiger partial charge in [0, 0.05) is 20.0 Å². The average Bonchev–Trinajstić information content (AvgIpc) is 3.11. The van der Waals surface area contributed by atoms with Gasteiger partial charge in [-0.3, -0.25) is 4.90 Å². The van der Waals surface area contributed by atoms with E-state index in [9.17, 15) is 5.11 Å². The molecule has 1 fully saturated rings. The molecule has 0 radical (unpaired) electrons. The first-order valence-corrected chi connectivity index (χ1v) is 7.88. The third-order valence-electron chi connectivity index (χ3n) is 3.93. The maximum Gasteiger partial charge on any atom is 0.230 e. The molecule has 0 amide bonds. The van der Waals surface area contributed by atoms with E-state index in [1.54, 1.807) is 19.3 Å². The number of β-amino-alcohol motifs (C(OH)–C–C–N with tert-alkyl or cyclic N) is 1. The summed E-state index contributed by atoms with van der Waals surface area (Å²) in [6, 6.07) is -0.0496. The van der Waals surface area contributed by atoms with E-state index in [2.05, 4.69) is 25.1 Å². The van der Waals surface area contributed by atoms with E-state index >= 15 is 0 Å². The standard InChI is InChI=1S/C14H19ClN6O2/c1-3-20(8-13-19-18-9(2)23-13)11-6-21(7-12(11)22)14-16-4-10(15)5-17-14/h4-5,11-12,22H,3,6-8H2,1-2H3/t11-,12-/m1/s1. The molecule has 0 aromatic carbocycles. The molecule has 2 atom stereocenters. The number of anilines is 1. The fraction of sp³-hybridized carbons (Fsp3) is 0.571. The van der Waals surface area contributed by atoms with Gasteiger partial charge in [0.15, 0.2) is 0 Å². The highest BCUT2D eigenvalue weighted by Crippen LogP contribution is 2.22. The highest BCUT2D eigenvalue weighted by molar-refractivity contribution is 6.30. The number of hydrogen-bond acceptors (Lipinski definition) is 8. The Morgan fingerprint density at radius 2 is 2.09 bits per heavy atom. The molecule has 1 aliphatic rings. The van der Waals surface area contributed by atoms with Crippen molar-refractivity contribution in [2.75, 3.05) is 24.5 Å². The van der Waals surface area contributed by atoms with Crippen LogP contribution in [0.3, 0.4) is 0 Å². The molecule has 3 heterocycles. The van der Waals surface area contributed by atoms with Crippen LogP contribution in [0.25, 0.3) is 0 Å². The Balaban J connectivity index is 1.70. The molecule has 1 N–H and O–H groups in total. The topological polar surface area (TPSA) is 91.4 Å². The lowest BCUT2D eigenvalue weighted by Crippen LogP contribution is -2.42. The molecular weight excluding hydrogens is 320 g/mol. The molecule has 124 valence electrons. The van der Waals surface area contributed by atoms with Gasteiger partial charge in [0.25, 0.3) is 0 Å². The summed E-state index contributed by atoms with van der Waals surface area (Å²) in [5, 5.41) is 18.8. The minimum atomic E-state index is -0.502. The van der Waals surface area contributed by atoms with Gasteiger partial charge >= 0.3 is 0 Å². The predicted molar refractivity (Wildman–Crippen MR) is 84.2 cm³/mol. The zero-order valence-corrected chi connectivity index (χ0v) is 13.8. The molecule has 2 aromatic heterocycles. The number of aryl methyl sites for hydroxylation is 1. The molecule has 3 rings (SSSR count). The molecule has 2 aromatic rings. The van der Waals surface area contributed by atoms with Gasteiger partial charge in [-0.2, -0.15) is 0 Å². The van der Waals surface area contributed by atoms with Crippen molar-refractivity contribution in [3.8, 4) is 0 Å². The highest BCUT2D eigenvalue weighted by Gasteiger charge is 2.36. The number of aliphatic hydroxyl groups is 1. The molecule has 1 saturated heterocycles. The van der Waals surface area contributed by atoms with Crippen LogP contribution in [-0.2, 0) is 6.54 Å². The summed E-state index contributed by atoms with van der Waals surface area (Å²) >= 11 is 5.82. The van der Waals surface area contributed by atoms with E-state index in [-0.39, 0.29) is 6.04 Å². The fourth-order valence-electron chi connectivity index (χ4n) is 2.80. The van der Waals surface area contributed by atoms with Gasteiger partial charge < -0.3 is 14.4 Å². The van der Waals surface area contributed by atoms with E-state index < -0.39 is 6.10 Å². The van der Waals surface area contributed by atoms with Crippen molar-refractivity contribution in [2.45, 2.75) is 32.5 Å². The number of halogens is 1. The Morgan fingerprint density at radius 3 is 2.70 bits per heavy atom. The average molecular weight is 339 g/mol. The normalized spacial score (nSPS) is 21.3. The van der Waals surface area contributed by atoms with E-state index in [1.165, 1.54) is 0 Å². The number of likely N-dealkylation sites (N-methyl/N-ethyl adjacent to an activating group) is 1. The molecule has 23 heavy (non-hydrogen) atoms. The molecule has 0 saturated carbocycles. The van der Waals surface area contributed by atoms with E-state index in [0.29, 0.717) is 42.4 Å². The SMILES string of the molecule is CCN(Cc1nnc(C)o1)[C@@H]1CN(c2ncc(Cl)cn2)C[C@H]1O. The maximum absolute atomic E-state index is 10.4. The first kappa shape index (κ1) is 16.1. The largest absolute Gasteiger partial charge is 0.424 e. The van der Waals surface area contributed by atoms with Crippen LogP contribution in [0.1, 0.15) is 18.7 Å². The third-order valence-corrected chi connectivity index (χ3v) is 4.13. The Bertz CT molecular complexity index is 649. The van der Waals surface area contributed by atoms with Crippen molar-refractivity contribution in [3.05, 3.63) is 29.2 Å². The summed E-state index contributed by atoms with van der Waals surface area (Å²) in [5.74, 6) is 1.66. The van der Waals surface area contributed by atoms with Crippen molar-refractivity contribution < 1.29 is 9.52 Å². The summed E-state index contributed by atoms with van der Waals surface area (Å²) in [6.45, 7) is 6.18. The third kappa shape index (κ3) is 3.60. The first-order chi connectivity index (χ1) is 11.1. The zero-order valence-electron chi connectivity index (χ0n) is 13.1. The molecule has 0 aliphatic carbocycles. The van der Waals surface area contributed by atoms with Crippen LogP contribution >= 0.6 is 11.6 Å². The van der Waals surface area contributed by atoms with Crippen LogP contribution < -0.4 is 4.90 Å². The second-order valence-corrected chi connectivity index (χ2v) is 5.96. The minimum Gasteiger partial charge on any atom is -0.424 e. The van der Waals surface area contributed by atoms with Gasteiger partial charge in [-0.1, -0.05) is 18.5 Å². The molecular formula is C14H19ClN6O2. The molecule has 8 nitrogen and oxygen atoms in total. The second kappa shape index (κ2) is 6.77. The van der Waals surface area contributed by atoms with Gasteiger partial charge in [0.05, 0.1) is 36.1 Å². The number of nitrogens with zero attached hydrogens (tertiary/aromatic N) is 6. The predicted octanol–water partition coefficient (Wildman–Crippen LogP) is 0.893. The summed E-state index contributed by atoms with van der Waals surface area (Å²) in [5.41, 5.74) is 0. The zero-order chi connectivity index (χ0) is 16.4. The first-order valence-electron chi connectivity index (χ1n) is 7.50. The molecule has 0 unspecified atom stereocenters. The van der Waals surface area contributed by atoms with Crippen molar-refractivity contribution in [3.63, 3.8) is 0 Å². The number of aromatic nitrogens is 4. The van der Waals surface area contributed by atoms with Gasteiger partial charge in [-0.15, -0.1) is 10.2 Å². The summed E-state index contributed by atoms with van der Waals surface area (Å²) in [4.78, 5) is 12.5. The smallest absolute Gasteiger partial charge is 0.230 e. The lowest BCUT2D eigenvalue weighted by Gasteiger charge is -2.27. The van der Waals surface area contributed by atoms with E-state index in [0.717, 1.165) is 6.54 Å². The minimum absolute atomic E-state index is 0.0496. The van der Waals surface area contributed by atoms with Crippen molar-refractivity contribution in [1.82, 2.24) is 25.1 Å². The number of aliphatic hydroxyl groups excluding tert-OH is 1. The van der Waals surface area contributed by atoms with Crippen LogP contribution in [0.4, 0.5) is 5.95 Å². The summed E-state index contributed by atoms with van der Waals surface area (Å²) < 4.78 is 5.44. The van der Waals surface area contributed by atoms with Crippen LogP contribution in [0.2, 0.25) is 5.02 Å². The molecule has 9 heteroatoms. The van der Waals surface area contributed by atoms with Crippen LogP contribution in [-0.4, -0.2) is 62.0 Å². The Hall–Kier alpha value is -1.77. The van der Waals surface area contributed by atoms with Crippen LogP contribution in [0.15, 0.2) is 16.8 Å². The van der Waals surface area contributed by atoms with Crippen LogP contribution in [0.5, 0.6) is 0 Å². The molecule has 1 aliphatic heterocycles. The number of hydrogen-bond donors (Lipinski definition) is 1. The van der Waals surface area contributed by atoms with Gasteiger partial charge in [-0.05, 0) is 6.54 Å². The van der Waals surface area contributed by atoms with E-state index in [1.807, 2.05) is 11.8 Å². The second-order valence-electron chi connectivity index (χ2n) is 5.52. The Kier molecular flexibility index (Phi) is 4.74. The maximum atomic E-state index is 10.4. The van der Waals surface area contributed by atoms with Gasteiger partial charge in [0.1, 0.15) is 0 Å². The lowest BCUT2D eigenvalue weighted by atomic mass is 10.2. The van der Waals surface area contributed by atoms with Crippen LogP contribution in [0, 0.1) is 6.92 Å². The molecule has 0 bridgehead atoms. The number of rotatable bonds is 5. The lowest BCUT2D eigenvalue weighted by molar-refractivity contribution is 0.0761. The van der Waals surface area contributed by atoms with Gasteiger partial charge in [-0.25, -0.2) is 9.97 Å². The quantitative estimate of drug-likeness (QED) is 0.859. The summed E-state index contributed by atoms with van der Waals surface area (Å²) in [6.07, 6.45) is 2.61. The van der Waals surface area contributed by atoms with Gasteiger partial charge in [0.2, 0.25) is 17.7 Å².